The van der Waals surface area contributed by atoms with E-state index in [0.717, 1.165) is 5.56 Å². The van der Waals surface area contributed by atoms with Gasteiger partial charge in [0.2, 0.25) is 5.91 Å². The maximum absolute atomic E-state index is 13.4. The number of rotatable bonds is 3. The molecule has 7 nitrogen and oxygen atoms in total. The predicted octanol–water partition coefficient (Wildman–Crippen LogP) is 2.06. The largest absolute Gasteiger partial charge is 0.393 e. The Labute approximate surface area is 155 Å². The molecule has 0 bridgehead atoms. The quantitative estimate of drug-likeness (QED) is 0.690. The molecular weight excluding hydrogens is 350 g/mol. The van der Waals surface area contributed by atoms with Crippen molar-refractivity contribution in [3.05, 3.63) is 53.1 Å². The van der Waals surface area contributed by atoms with Crippen molar-refractivity contribution in [1.82, 2.24) is 24.6 Å². The summed E-state index contributed by atoms with van der Waals surface area (Å²) in [5, 5.41) is 17.2. The molecule has 0 saturated carbocycles. The topological polar surface area (TPSA) is 87.0 Å². The first-order valence-electron chi connectivity index (χ1n) is 8.57. The second kappa shape index (κ2) is 6.97. The number of aromatic amines is 1. The van der Waals surface area contributed by atoms with Crippen molar-refractivity contribution in [3.8, 4) is 0 Å². The van der Waals surface area contributed by atoms with Gasteiger partial charge in [0, 0.05) is 13.1 Å². The summed E-state index contributed by atoms with van der Waals surface area (Å²) in [6.45, 7) is 1.08. The lowest BCUT2D eigenvalue weighted by atomic mass is 10.0. The zero-order valence-corrected chi connectivity index (χ0v) is 14.9. The SMILES string of the molecule is O=C(C(c1ccccc1)n1cnc2[nH]ncc2c1=S)N1CCC(O)CC1. The molecule has 1 amide bonds. The maximum atomic E-state index is 13.4. The van der Waals surface area contributed by atoms with Gasteiger partial charge in [-0.25, -0.2) is 4.98 Å². The average molecular weight is 369 g/mol. The lowest BCUT2D eigenvalue weighted by Crippen LogP contribution is -2.44. The highest BCUT2D eigenvalue weighted by molar-refractivity contribution is 7.71. The van der Waals surface area contributed by atoms with Crippen molar-refractivity contribution in [3.63, 3.8) is 0 Å². The van der Waals surface area contributed by atoms with Gasteiger partial charge in [0.25, 0.3) is 0 Å². The number of H-pyrrole nitrogens is 1. The number of amides is 1. The fraction of sp³-hybridized carbons (Fsp3) is 0.333. The zero-order chi connectivity index (χ0) is 18.1. The third kappa shape index (κ3) is 3.02. The van der Waals surface area contributed by atoms with E-state index in [9.17, 15) is 9.90 Å². The van der Waals surface area contributed by atoms with Crippen LogP contribution in [0.3, 0.4) is 0 Å². The summed E-state index contributed by atoms with van der Waals surface area (Å²) in [6.07, 6.45) is 4.08. The van der Waals surface area contributed by atoms with Crippen molar-refractivity contribution in [2.75, 3.05) is 13.1 Å². The summed E-state index contributed by atoms with van der Waals surface area (Å²) in [4.78, 5) is 19.5. The lowest BCUT2D eigenvalue weighted by molar-refractivity contribution is -0.135. The molecule has 1 fully saturated rings. The van der Waals surface area contributed by atoms with Crippen molar-refractivity contribution in [2.24, 2.45) is 0 Å². The Morgan fingerprint density at radius 1 is 1.27 bits per heavy atom. The summed E-state index contributed by atoms with van der Waals surface area (Å²) < 4.78 is 2.25. The van der Waals surface area contributed by atoms with Crippen LogP contribution in [0.2, 0.25) is 0 Å². The molecule has 3 heterocycles. The summed E-state index contributed by atoms with van der Waals surface area (Å²) in [5.74, 6) is -0.0381. The third-order valence-corrected chi connectivity index (χ3v) is 5.23. The molecule has 1 aliphatic heterocycles. The fourth-order valence-corrected chi connectivity index (χ4v) is 3.65. The normalized spacial score (nSPS) is 16.7. The molecule has 0 aliphatic carbocycles. The van der Waals surface area contributed by atoms with Gasteiger partial charge in [-0.2, -0.15) is 5.10 Å². The fourth-order valence-electron chi connectivity index (χ4n) is 3.35. The lowest BCUT2D eigenvalue weighted by Gasteiger charge is -2.33. The molecule has 1 unspecified atom stereocenters. The van der Waals surface area contributed by atoms with Crippen molar-refractivity contribution >= 4 is 29.2 Å². The highest BCUT2D eigenvalue weighted by atomic mass is 32.1. The van der Waals surface area contributed by atoms with E-state index in [4.69, 9.17) is 12.2 Å². The van der Waals surface area contributed by atoms with Crippen LogP contribution in [0, 0.1) is 4.64 Å². The number of carbonyl (C=O) groups excluding carboxylic acids is 1. The Morgan fingerprint density at radius 2 is 2.00 bits per heavy atom. The zero-order valence-electron chi connectivity index (χ0n) is 14.1. The molecular formula is C18H19N5O2S. The molecule has 4 rings (SSSR count). The Balaban J connectivity index is 1.79. The van der Waals surface area contributed by atoms with Crippen molar-refractivity contribution in [2.45, 2.75) is 25.0 Å². The molecule has 2 aromatic heterocycles. The second-order valence-corrected chi connectivity index (χ2v) is 6.85. The molecule has 0 radical (unpaired) electrons. The van der Waals surface area contributed by atoms with Crippen LogP contribution < -0.4 is 0 Å². The number of aliphatic hydroxyl groups excluding tert-OH is 1. The van der Waals surface area contributed by atoms with Gasteiger partial charge in [0.05, 0.1) is 24.0 Å². The predicted molar refractivity (Wildman–Crippen MR) is 99.1 cm³/mol. The second-order valence-electron chi connectivity index (χ2n) is 6.46. The summed E-state index contributed by atoms with van der Waals surface area (Å²) >= 11 is 5.62. The van der Waals surface area contributed by atoms with Gasteiger partial charge in [-0.05, 0) is 18.4 Å². The van der Waals surface area contributed by atoms with E-state index in [-0.39, 0.29) is 12.0 Å². The smallest absolute Gasteiger partial charge is 0.250 e. The molecule has 1 saturated heterocycles. The number of carbonyl (C=O) groups is 1. The van der Waals surface area contributed by atoms with Crippen LogP contribution in [0.5, 0.6) is 0 Å². The molecule has 3 aromatic rings. The minimum Gasteiger partial charge on any atom is -0.393 e. The number of nitrogens with one attached hydrogen (secondary N) is 1. The molecule has 8 heteroatoms. The van der Waals surface area contributed by atoms with E-state index in [0.29, 0.717) is 41.6 Å². The first kappa shape index (κ1) is 16.9. The number of aliphatic hydroxyl groups is 1. The number of likely N-dealkylation sites (tertiary alicyclic amines) is 1. The number of hydrogen-bond donors (Lipinski definition) is 2. The van der Waals surface area contributed by atoms with Gasteiger partial charge in [-0.3, -0.25) is 9.89 Å². The summed E-state index contributed by atoms with van der Waals surface area (Å²) in [6, 6.07) is 8.97. The van der Waals surface area contributed by atoms with Gasteiger partial charge >= 0.3 is 0 Å². The Hall–Kier alpha value is -2.58. The molecule has 26 heavy (non-hydrogen) atoms. The number of aromatic nitrogens is 4. The molecule has 134 valence electrons. The Bertz CT molecular complexity index is 976. The van der Waals surface area contributed by atoms with Gasteiger partial charge in [-0.1, -0.05) is 42.5 Å². The molecule has 1 aliphatic rings. The number of hydrogen-bond acceptors (Lipinski definition) is 5. The van der Waals surface area contributed by atoms with Gasteiger partial charge < -0.3 is 14.6 Å². The average Bonchev–Trinajstić information content (AvgIpc) is 3.15. The molecule has 1 atom stereocenters. The van der Waals surface area contributed by atoms with E-state index in [2.05, 4.69) is 15.2 Å². The maximum Gasteiger partial charge on any atom is 0.250 e. The first-order valence-corrected chi connectivity index (χ1v) is 8.98. The van der Waals surface area contributed by atoms with E-state index in [1.54, 1.807) is 22.0 Å². The van der Waals surface area contributed by atoms with E-state index in [1.165, 1.54) is 0 Å². The van der Waals surface area contributed by atoms with Crippen molar-refractivity contribution in [1.29, 1.82) is 0 Å². The third-order valence-electron chi connectivity index (χ3n) is 4.80. The van der Waals surface area contributed by atoms with Gasteiger partial charge in [0.15, 0.2) is 5.65 Å². The van der Waals surface area contributed by atoms with Crippen LogP contribution in [-0.4, -0.2) is 54.9 Å². The minimum absolute atomic E-state index is 0.0381. The Kier molecular flexibility index (Phi) is 4.52. The molecule has 1 aromatic carbocycles. The number of nitrogens with zero attached hydrogens (tertiary/aromatic N) is 4. The standard InChI is InChI=1S/C18H19N5O2S/c24-13-6-8-22(9-7-13)17(25)15(12-4-2-1-3-5-12)23-11-19-16-14(18(23)26)10-20-21-16/h1-5,10-11,13,15,24H,6-9H2,(H,20,21). The monoisotopic (exact) mass is 369 g/mol. The first-order chi connectivity index (χ1) is 12.6. The minimum atomic E-state index is -0.592. The van der Waals surface area contributed by atoms with E-state index >= 15 is 0 Å². The Morgan fingerprint density at radius 3 is 2.73 bits per heavy atom. The van der Waals surface area contributed by atoms with E-state index < -0.39 is 6.04 Å². The van der Waals surface area contributed by atoms with Gasteiger partial charge in [0.1, 0.15) is 10.7 Å². The van der Waals surface area contributed by atoms with Crippen LogP contribution in [-0.2, 0) is 4.79 Å². The molecule has 0 spiro atoms. The van der Waals surface area contributed by atoms with Crippen LogP contribution in [0.25, 0.3) is 11.0 Å². The highest BCUT2D eigenvalue weighted by Crippen LogP contribution is 2.25. The highest BCUT2D eigenvalue weighted by Gasteiger charge is 2.30. The summed E-state index contributed by atoms with van der Waals surface area (Å²) in [5.41, 5.74) is 1.45. The van der Waals surface area contributed by atoms with E-state index in [1.807, 2.05) is 30.3 Å². The summed E-state index contributed by atoms with van der Waals surface area (Å²) in [7, 11) is 0. The van der Waals surface area contributed by atoms with Crippen molar-refractivity contribution < 1.29 is 9.90 Å². The van der Waals surface area contributed by atoms with Crippen LogP contribution in [0.15, 0.2) is 42.9 Å². The van der Waals surface area contributed by atoms with Gasteiger partial charge in [-0.15, -0.1) is 0 Å². The van der Waals surface area contributed by atoms with Crippen LogP contribution in [0.1, 0.15) is 24.4 Å². The number of piperidine rings is 1. The van der Waals surface area contributed by atoms with Crippen LogP contribution >= 0.6 is 12.2 Å². The number of fused-ring (bicyclic) bond motifs is 1. The van der Waals surface area contributed by atoms with Crippen LogP contribution in [0.4, 0.5) is 0 Å². The number of benzene rings is 1. The molecule has 2 N–H and O–H groups in total.